The van der Waals surface area contributed by atoms with Gasteiger partial charge in [0.05, 0.1) is 10.0 Å². The highest BCUT2D eigenvalue weighted by Crippen LogP contribution is 2.38. The Balaban J connectivity index is 1.87. The standard InChI is InChI=1S/C16H20Cl2N2O/c17-13-4-3-12(9-14(13)18)16(5-1-6-19-11-16)10-15(21)20-7-2-8-20/h3-4,9,19H,1-2,5-8,10-11H2/t16-/m1/s1. The van der Waals surface area contributed by atoms with Crippen LogP contribution in [-0.4, -0.2) is 37.0 Å². The van der Waals surface area contributed by atoms with E-state index < -0.39 is 0 Å². The van der Waals surface area contributed by atoms with Crippen LogP contribution < -0.4 is 5.32 Å². The van der Waals surface area contributed by atoms with Gasteiger partial charge in [-0.2, -0.15) is 0 Å². The predicted octanol–water partition coefficient (Wildman–Crippen LogP) is 3.24. The minimum Gasteiger partial charge on any atom is -0.343 e. The zero-order chi connectivity index (χ0) is 14.9. The van der Waals surface area contributed by atoms with Crippen molar-refractivity contribution in [1.82, 2.24) is 10.2 Å². The number of hydrogen-bond acceptors (Lipinski definition) is 2. The second-order valence-corrected chi connectivity index (χ2v) is 6.92. The maximum absolute atomic E-state index is 12.5. The summed E-state index contributed by atoms with van der Waals surface area (Å²) in [4.78, 5) is 14.4. The van der Waals surface area contributed by atoms with Crippen LogP contribution in [0.25, 0.3) is 0 Å². The van der Waals surface area contributed by atoms with Gasteiger partial charge in [0.25, 0.3) is 0 Å². The van der Waals surface area contributed by atoms with Crippen LogP contribution in [0.4, 0.5) is 0 Å². The lowest BCUT2D eigenvalue weighted by Crippen LogP contribution is -2.49. The lowest BCUT2D eigenvalue weighted by atomic mass is 9.72. The zero-order valence-corrected chi connectivity index (χ0v) is 13.5. The Morgan fingerprint density at radius 3 is 2.62 bits per heavy atom. The topological polar surface area (TPSA) is 32.3 Å². The number of amides is 1. The van der Waals surface area contributed by atoms with Gasteiger partial charge in [-0.15, -0.1) is 0 Å². The number of nitrogens with zero attached hydrogens (tertiary/aromatic N) is 1. The van der Waals surface area contributed by atoms with Crippen LogP contribution in [-0.2, 0) is 10.2 Å². The molecule has 1 aromatic rings. The van der Waals surface area contributed by atoms with Crippen molar-refractivity contribution in [3.8, 4) is 0 Å². The lowest BCUT2D eigenvalue weighted by Gasteiger charge is -2.41. The summed E-state index contributed by atoms with van der Waals surface area (Å²) in [7, 11) is 0. The molecule has 1 aromatic carbocycles. The molecule has 114 valence electrons. The van der Waals surface area contributed by atoms with Gasteiger partial charge in [-0.3, -0.25) is 4.79 Å². The quantitative estimate of drug-likeness (QED) is 0.924. The van der Waals surface area contributed by atoms with Gasteiger partial charge in [-0.05, 0) is 43.5 Å². The van der Waals surface area contributed by atoms with Crippen molar-refractivity contribution in [2.24, 2.45) is 0 Å². The van der Waals surface area contributed by atoms with Gasteiger partial charge in [0.2, 0.25) is 5.91 Å². The third kappa shape index (κ3) is 3.05. The van der Waals surface area contributed by atoms with Gasteiger partial charge in [-0.1, -0.05) is 29.3 Å². The molecular formula is C16H20Cl2N2O. The van der Waals surface area contributed by atoms with Crippen LogP contribution >= 0.6 is 23.2 Å². The summed E-state index contributed by atoms with van der Waals surface area (Å²) in [6.45, 7) is 3.65. The molecule has 0 radical (unpaired) electrons. The molecule has 0 spiro atoms. The highest BCUT2D eigenvalue weighted by atomic mass is 35.5. The van der Waals surface area contributed by atoms with Crippen molar-refractivity contribution in [3.63, 3.8) is 0 Å². The summed E-state index contributed by atoms with van der Waals surface area (Å²) in [6, 6.07) is 5.79. The third-order valence-corrected chi connectivity index (χ3v) is 5.44. The van der Waals surface area contributed by atoms with Crippen LogP contribution in [0.15, 0.2) is 18.2 Å². The van der Waals surface area contributed by atoms with E-state index >= 15 is 0 Å². The first-order chi connectivity index (χ1) is 10.1. The Morgan fingerprint density at radius 1 is 1.24 bits per heavy atom. The first-order valence-electron chi connectivity index (χ1n) is 7.55. The molecule has 2 aliphatic rings. The number of piperidine rings is 1. The Bertz CT molecular complexity index is 537. The Kier molecular flexibility index (Phi) is 4.43. The largest absolute Gasteiger partial charge is 0.343 e. The fourth-order valence-electron chi connectivity index (χ4n) is 3.26. The fraction of sp³-hybridized carbons (Fsp3) is 0.562. The SMILES string of the molecule is O=C(C[C@]1(c2ccc(Cl)c(Cl)c2)CCCNC1)N1CCC1. The number of nitrogens with one attached hydrogen (secondary N) is 1. The average molecular weight is 327 g/mol. The zero-order valence-electron chi connectivity index (χ0n) is 12.0. The summed E-state index contributed by atoms with van der Waals surface area (Å²) < 4.78 is 0. The van der Waals surface area contributed by atoms with E-state index in [1.165, 1.54) is 0 Å². The van der Waals surface area contributed by atoms with Crippen molar-refractivity contribution in [3.05, 3.63) is 33.8 Å². The van der Waals surface area contributed by atoms with E-state index in [0.29, 0.717) is 16.5 Å². The number of carbonyl (C=O) groups is 1. The van der Waals surface area contributed by atoms with Crippen molar-refractivity contribution in [2.75, 3.05) is 26.2 Å². The van der Waals surface area contributed by atoms with Gasteiger partial charge in [0.1, 0.15) is 0 Å². The van der Waals surface area contributed by atoms with E-state index in [9.17, 15) is 4.79 Å². The van der Waals surface area contributed by atoms with Gasteiger partial charge in [0.15, 0.2) is 0 Å². The molecule has 1 atom stereocenters. The lowest BCUT2D eigenvalue weighted by molar-refractivity contribution is -0.136. The summed E-state index contributed by atoms with van der Waals surface area (Å²) >= 11 is 12.2. The van der Waals surface area contributed by atoms with Gasteiger partial charge in [-0.25, -0.2) is 0 Å². The third-order valence-electron chi connectivity index (χ3n) is 4.70. The van der Waals surface area contributed by atoms with E-state index in [-0.39, 0.29) is 11.3 Å². The van der Waals surface area contributed by atoms with Crippen molar-refractivity contribution >= 4 is 29.1 Å². The van der Waals surface area contributed by atoms with E-state index in [1.54, 1.807) is 0 Å². The summed E-state index contributed by atoms with van der Waals surface area (Å²) in [5, 5.41) is 4.57. The molecule has 0 aliphatic carbocycles. The van der Waals surface area contributed by atoms with Crippen LogP contribution in [0.1, 0.15) is 31.2 Å². The Morgan fingerprint density at radius 2 is 2.05 bits per heavy atom. The average Bonchev–Trinajstić information content (AvgIpc) is 2.40. The molecule has 2 aliphatic heterocycles. The summed E-state index contributed by atoms with van der Waals surface area (Å²) in [6.07, 6.45) is 3.77. The Labute approximate surface area is 135 Å². The number of hydrogen-bond donors (Lipinski definition) is 1. The van der Waals surface area contributed by atoms with Gasteiger partial charge < -0.3 is 10.2 Å². The maximum Gasteiger partial charge on any atom is 0.223 e. The normalized spacial score (nSPS) is 25.5. The molecule has 2 fully saturated rings. The predicted molar refractivity (Wildman–Crippen MR) is 86.1 cm³/mol. The molecule has 0 aromatic heterocycles. The second-order valence-electron chi connectivity index (χ2n) is 6.10. The monoisotopic (exact) mass is 326 g/mol. The van der Waals surface area contributed by atoms with Crippen LogP contribution in [0.2, 0.25) is 10.0 Å². The van der Waals surface area contributed by atoms with Crippen LogP contribution in [0, 0.1) is 0 Å². The van der Waals surface area contributed by atoms with Crippen molar-refractivity contribution in [2.45, 2.75) is 31.1 Å². The molecule has 3 nitrogen and oxygen atoms in total. The number of halogens is 2. The molecular weight excluding hydrogens is 307 g/mol. The smallest absolute Gasteiger partial charge is 0.223 e. The van der Waals surface area contributed by atoms with E-state index in [2.05, 4.69) is 5.32 Å². The molecule has 5 heteroatoms. The van der Waals surface area contributed by atoms with E-state index in [0.717, 1.165) is 51.0 Å². The molecule has 0 saturated carbocycles. The highest BCUT2D eigenvalue weighted by molar-refractivity contribution is 6.42. The van der Waals surface area contributed by atoms with Crippen molar-refractivity contribution < 1.29 is 4.79 Å². The molecule has 21 heavy (non-hydrogen) atoms. The molecule has 0 bridgehead atoms. The number of rotatable bonds is 3. The first-order valence-corrected chi connectivity index (χ1v) is 8.30. The second kappa shape index (κ2) is 6.15. The van der Waals surface area contributed by atoms with E-state index in [4.69, 9.17) is 23.2 Å². The Hall–Kier alpha value is -0.770. The van der Waals surface area contributed by atoms with Gasteiger partial charge >= 0.3 is 0 Å². The molecule has 1 N–H and O–H groups in total. The molecule has 2 saturated heterocycles. The maximum atomic E-state index is 12.5. The number of likely N-dealkylation sites (tertiary alicyclic amines) is 1. The van der Waals surface area contributed by atoms with Crippen LogP contribution in [0.3, 0.4) is 0 Å². The first kappa shape index (κ1) is 15.1. The fourth-order valence-corrected chi connectivity index (χ4v) is 3.56. The molecule has 1 amide bonds. The van der Waals surface area contributed by atoms with E-state index in [1.807, 2.05) is 23.1 Å². The summed E-state index contributed by atoms with van der Waals surface area (Å²) in [5.74, 6) is 0.260. The number of carbonyl (C=O) groups excluding carboxylic acids is 1. The van der Waals surface area contributed by atoms with Crippen LogP contribution in [0.5, 0.6) is 0 Å². The van der Waals surface area contributed by atoms with Gasteiger partial charge in [0, 0.05) is 31.5 Å². The highest BCUT2D eigenvalue weighted by Gasteiger charge is 2.38. The summed E-state index contributed by atoms with van der Waals surface area (Å²) in [5.41, 5.74) is 0.970. The minimum atomic E-state index is -0.154. The van der Waals surface area contributed by atoms with Crippen molar-refractivity contribution in [1.29, 1.82) is 0 Å². The molecule has 2 heterocycles. The molecule has 0 unspecified atom stereocenters. The molecule has 3 rings (SSSR count). The number of benzene rings is 1. The minimum absolute atomic E-state index is 0.154.